The monoisotopic (exact) mass is 337 g/mol. The summed E-state index contributed by atoms with van der Waals surface area (Å²) in [4.78, 5) is 24.1. The minimum absolute atomic E-state index is 0.285. The summed E-state index contributed by atoms with van der Waals surface area (Å²) in [5, 5.41) is 2.72. The first kappa shape index (κ1) is 18.5. The number of esters is 1. The van der Waals surface area contributed by atoms with Crippen molar-refractivity contribution in [3.63, 3.8) is 0 Å². The average Bonchev–Trinajstić information content (AvgIpc) is 2.61. The van der Waals surface area contributed by atoms with E-state index >= 15 is 0 Å². The molecule has 0 aliphatic heterocycles. The van der Waals surface area contributed by atoms with E-state index in [1.165, 1.54) is 11.6 Å². The van der Waals surface area contributed by atoms with Gasteiger partial charge < -0.3 is 10.1 Å². The van der Waals surface area contributed by atoms with Gasteiger partial charge in [0.15, 0.2) is 0 Å². The Morgan fingerprint density at radius 1 is 1.08 bits per heavy atom. The van der Waals surface area contributed by atoms with Crippen molar-refractivity contribution >= 4 is 23.6 Å². The number of nitrogens with one attached hydrogen (secondary N) is 1. The minimum atomic E-state index is -0.452. The Hall–Kier alpha value is -2.88. The second-order valence-corrected chi connectivity index (χ2v) is 5.91. The zero-order valence-electron chi connectivity index (χ0n) is 14.8. The topological polar surface area (TPSA) is 55.4 Å². The van der Waals surface area contributed by atoms with E-state index in [2.05, 4.69) is 31.3 Å². The Morgan fingerprint density at radius 3 is 2.40 bits per heavy atom. The average molecular weight is 337 g/mol. The molecule has 0 bridgehead atoms. The molecule has 0 fully saturated rings. The van der Waals surface area contributed by atoms with Crippen LogP contribution in [0.1, 0.15) is 48.2 Å². The molecule has 0 aliphatic carbocycles. The van der Waals surface area contributed by atoms with E-state index in [9.17, 15) is 9.59 Å². The summed E-state index contributed by atoms with van der Waals surface area (Å²) in [6.07, 6.45) is 3.19. The fourth-order valence-corrected chi connectivity index (χ4v) is 2.32. The number of rotatable bonds is 6. The van der Waals surface area contributed by atoms with Crippen LogP contribution in [0, 0.1) is 0 Å². The fraction of sp³-hybridized carbons (Fsp3) is 0.238. The van der Waals surface area contributed by atoms with Gasteiger partial charge >= 0.3 is 5.97 Å². The molecule has 2 aromatic carbocycles. The van der Waals surface area contributed by atoms with Crippen molar-refractivity contribution in [1.82, 2.24) is 0 Å². The predicted octanol–water partition coefficient (Wildman–Crippen LogP) is 4.64. The molecule has 0 saturated heterocycles. The quantitative estimate of drug-likeness (QED) is 0.617. The molecule has 0 aromatic heterocycles. The van der Waals surface area contributed by atoms with Crippen LogP contribution in [0.2, 0.25) is 0 Å². The number of benzene rings is 2. The highest BCUT2D eigenvalue weighted by Crippen LogP contribution is 2.17. The molecule has 4 nitrogen and oxygen atoms in total. The number of hydrogen-bond acceptors (Lipinski definition) is 3. The van der Waals surface area contributed by atoms with Crippen LogP contribution in [0.4, 0.5) is 5.69 Å². The molecule has 0 saturated carbocycles. The van der Waals surface area contributed by atoms with E-state index in [1.54, 1.807) is 37.3 Å². The third-order valence-corrected chi connectivity index (χ3v) is 3.71. The molecule has 2 aromatic rings. The molecular formula is C21H23NO3. The fourth-order valence-electron chi connectivity index (χ4n) is 2.32. The number of anilines is 1. The number of hydrogen-bond donors (Lipinski definition) is 1. The van der Waals surface area contributed by atoms with Crippen LogP contribution < -0.4 is 5.32 Å². The minimum Gasteiger partial charge on any atom is -0.462 e. The van der Waals surface area contributed by atoms with Crippen molar-refractivity contribution in [2.45, 2.75) is 26.7 Å². The number of carbonyl (C=O) groups excluding carboxylic acids is 2. The number of amides is 1. The molecule has 0 aliphatic rings. The van der Waals surface area contributed by atoms with Crippen LogP contribution in [0.5, 0.6) is 0 Å². The first-order valence-electron chi connectivity index (χ1n) is 8.36. The molecule has 0 heterocycles. The summed E-state index contributed by atoms with van der Waals surface area (Å²) in [5.41, 5.74) is 2.97. The Labute approximate surface area is 148 Å². The van der Waals surface area contributed by atoms with Gasteiger partial charge in [0.05, 0.1) is 17.9 Å². The highest BCUT2D eigenvalue weighted by molar-refractivity contribution is 6.06. The summed E-state index contributed by atoms with van der Waals surface area (Å²) in [6.45, 7) is 6.30. The van der Waals surface area contributed by atoms with Gasteiger partial charge in [-0.3, -0.25) is 4.79 Å². The Balaban J connectivity index is 2.06. The number of carbonyl (C=O) groups is 2. The first-order valence-corrected chi connectivity index (χ1v) is 8.36. The van der Waals surface area contributed by atoms with Crippen LogP contribution in [-0.4, -0.2) is 18.5 Å². The second-order valence-electron chi connectivity index (χ2n) is 5.91. The molecular weight excluding hydrogens is 314 g/mol. The van der Waals surface area contributed by atoms with Gasteiger partial charge in [0, 0.05) is 6.08 Å². The van der Waals surface area contributed by atoms with E-state index in [0.717, 1.165) is 5.56 Å². The van der Waals surface area contributed by atoms with Gasteiger partial charge in [0.2, 0.25) is 5.91 Å². The van der Waals surface area contributed by atoms with Crippen LogP contribution in [0.15, 0.2) is 54.6 Å². The van der Waals surface area contributed by atoms with Crippen LogP contribution >= 0.6 is 0 Å². The summed E-state index contributed by atoms with van der Waals surface area (Å²) in [7, 11) is 0. The highest BCUT2D eigenvalue weighted by Gasteiger charge is 2.12. The summed E-state index contributed by atoms with van der Waals surface area (Å²) < 4.78 is 5.00. The van der Waals surface area contributed by atoms with Crippen molar-refractivity contribution in [2.75, 3.05) is 11.9 Å². The molecule has 1 amide bonds. The third-order valence-electron chi connectivity index (χ3n) is 3.71. The molecule has 25 heavy (non-hydrogen) atoms. The standard InChI is InChI=1S/C21H23NO3/c1-4-25-21(24)18-7-5-6-8-19(18)22-20(23)14-11-16-9-12-17(13-10-16)15(2)3/h5-15H,4H2,1-3H3,(H,22,23)/b14-11+. The molecule has 0 radical (unpaired) electrons. The maximum atomic E-state index is 12.1. The van der Waals surface area contributed by atoms with Crippen molar-refractivity contribution in [3.05, 3.63) is 71.3 Å². The summed E-state index contributed by atoms with van der Waals surface area (Å²) in [6, 6.07) is 14.9. The van der Waals surface area contributed by atoms with E-state index in [4.69, 9.17) is 4.74 Å². The molecule has 0 spiro atoms. The van der Waals surface area contributed by atoms with Gasteiger partial charge in [0.25, 0.3) is 0 Å². The van der Waals surface area contributed by atoms with Gasteiger partial charge in [-0.25, -0.2) is 4.79 Å². The third kappa shape index (κ3) is 5.31. The maximum absolute atomic E-state index is 12.1. The molecule has 1 N–H and O–H groups in total. The maximum Gasteiger partial charge on any atom is 0.340 e. The predicted molar refractivity (Wildman–Crippen MR) is 101 cm³/mol. The van der Waals surface area contributed by atoms with Crippen LogP contribution in [-0.2, 0) is 9.53 Å². The zero-order chi connectivity index (χ0) is 18.2. The van der Waals surface area contributed by atoms with Crippen LogP contribution in [0.25, 0.3) is 6.08 Å². The van der Waals surface area contributed by atoms with Crippen molar-refractivity contribution in [2.24, 2.45) is 0 Å². The lowest BCUT2D eigenvalue weighted by Gasteiger charge is -2.08. The van der Waals surface area contributed by atoms with E-state index < -0.39 is 5.97 Å². The molecule has 0 atom stereocenters. The molecule has 4 heteroatoms. The van der Waals surface area contributed by atoms with Crippen LogP contribution in [0.3, 0.4) is 0 Å². The largest absolute Gasteiger partial charge is 0.462 e. The highest BCUT2D eigenvalue weighted by atomic mass is 16.5. The summed E-state index contributed by atoms with van der Waals surface area (Å²) >= 11 is 0. The van der Waals surface area contributed by atoms with Crippen molar-refractivity contribution < 1.29 is 14.3 Å². The summed E-state index contributed by atoms with van der Waals surface area (Å²) in [5.74, 6) is -0.281. The van der Waals surface area contributed by atoms with E-state index in [-0.39, 0.29) is 12.5 Å². The van der Waals surface area contributed by atoms with Gasteiger partial charge in [-0.05, 0) is 42.2 Å². The second kappa shape index (κ2) is 8.83. The Kier molecular flexibility index (Phi) is 6.52. The normalized spacial score (nSPS) is 10.9. The van der Waals surface area contributed by atoms with Gasteiger partial charge in [0.1, 0.15) is 0 Å². The number of ether oxygens (including phenoxy) is 1. The van der Waals surface area contributed by atoms with Gasteiger partial charge in [-0.15, -0.1) is 0 Å². The lowest BCUT2D eigenvalue weighted by atomic mass is 10.0. The van der Waals surface area contributed by atoms with E-state index in [1.807, 2.05) is 12.1 Å². The molecule has 2 rings (SSSR count). The van der Waals surface area contributed by atoms with Crippen molar-refractivity contribution in [3.8, 4) is 0 Å². The lowest BCUT2D eigenvalue weighted by Crippen LogP contribution is -2.13. The molecule has 0 unspecified atom stereocenters. The number of para-hydroxylation sites is 1. The van der Waals surface area contributed by atoms with E-state index in [0.29, 0.717) is 17.2 Å². The zero-order valence-corrected chi connectivity index (χ0v) is 14.8. The van der Waals surface area contributed by atoms with Gasteiger partial charge in [-0.2, -0.15) is 0 Å². The lowest BCUT2D eigenvalue weighted by molar-refractivity contribution is -0.111. The van der Waals surface area contributed by atoms with Gasteiger partial charge in [-0.1, -0.05) is 50.2 Å². The Bertz CT molecular complexity index is 761. The SMILES string of the molecule is CCOC(=O)c1ccccc1NC(=O)/C=C/c1ccc(C(C)C)cc1. The first-order chi connectivity index (χ1) is 12.0. The Morgan fingerprint density at radius 2 is 1.76 bits per heavy atom. The van der Waals surface area contributed by atoms with Crippen molar-refractivity contribution in [1.29, 1.82) is 0 Å². The smallest absolute Gasteiger partial charge is 0.340 e. The molecule has 130 valence electrons.